The standard InChI is InChI=1S/C21H23Cl2NO5/c1-2-3-4-5-6-7-12-28-21(25)17-14-16(9-10-19(17)24(26)27)29-20-11-8-15(22)13-18(20)23/h8-11,13-14H,2-7,12H2,1H3. The van der Waals surface area contributed by atoms with Gasteiger partial charge in [-0.05, 0) is 30.7 Å². The second-order valence-electron chi connectivity index (χ2n) is 6.52. The normalized spacial score (nSPS) is 10.6. The lowest BCUT2D eigenvalue weighted by molar-refractivity contribution is -0.385. The number of nitro groups is 1. The van der Waals surface area contributed by atoms with Crippen LogP contribution < -0.4 is 4.74 Å². The van der Waals surface area contributed by atoms with E-state index >= 15 is 0 Å². The molecule has 0 unspecified atom stereocenters. The minimum atomic E-state index is -0.752. The molecule has 2 aromatic rings. The molecule has 0 aliphatic carbocycles. The van der Waals surface area contributed by atoms with Crippen molar-refractivity contribution < 1.29 is 19.2 Å². The van der Waals surface area contributed by atoms with Crippen molar-refractivity contribution in [1.82, 2.24) is 0 Å². The number of benzene rings is 2. The molecular weight excluding hydrogens is 417 g/mol. The molecule has 8 heteroatoms. The molecule has 29 heavy (non-hydrogen) atoms. The molecule has 0 saturated heterocycles. The summed E-state index contributed by atoms with van der Waals surface area (Å²) < 4.78 is 10.9. The molecule has 0 aliphatic heterocycles. The van der Waals surface area contributed by atoms with Crippen LogP contribution in [0, 0.1) is 10.1 Å². The third-order valence-electron chi connectivity index (χ3n) is 4.24. The van der Waals surface area contributed by atoms with Crippen molar-refractivity contribution in [1.29, 1.82) is 0 Å². The SMILES string of the molecule is CCCCCCCCOC(=O)c1cc(Oc2ccc(Cl)cc2Cl)ccc1[N+](=O)[O-]. The topological polar surface area (TPSA) is 78.7 Å². The van der Waals surface area contributed by atoms with E-state index in [1.807, 2.05) is 0 Å². The van der Waals surface area contributed by atoms with Crippen molar-refractivity contribution in [3.63, 3.8) is 0 Å². The largest absolute Gasteiger partial charge is 0.462 e. The second-order valence-corrected chi connectivity index (χ2v) is 7.36. The summed E-state index contributed by atoms with van der Waals surface area (Å²) in [5, 5.41) is 12.0. The Morgan fingerprint density at radius 1 is 1.03 bits per heavy atom. The summed E-state index contributed by atoms with van der Waals surface area (Å²) in [5.41, 5.74) is -0.504. The van der Waals surface area contributed by atoms with Gasteiger partial charge < -0.3 is 9.47 Å². The van der Waals surface area contributed by atoms with E-state index in [4.69, 9.17) is 32.7 Å². The Morgan fingerprint density at radius 3 is 2.45 bits per heavy atom. The van der Waals surface area contributed by atoms with Crippen LogP contribution in [0.5, 0.6) is 11.5 Å². The van der Waals surface area contributed by atoms with E-state index in [1.165, 1.54) is 30.7 Å². The van der Waals surface area contributed by atoms with Gasteiger partial charge in [-0.1, -0.05) is 62.2 Å². The lowest BCUT2D eigenvalue weighted by atomic mass is 10.1. The molecule has 0 atom stereocenters. The van der Waals surface area contributed by atoms with Crippen molar-refractivity contribution in [2.45, 2.75) is 45.4 Å². The zero-order chi connectivity index (χ0) is 21.2. The second kappa shape index (κ2) is 11.6. The number of nitro benzene ring substituents is 1. The number of unbranched alkanes of at least 4 members (excludes halogenated alkanes) is 5. The number of hydrogen-bond acceptors (Lipinski definition) is 5. The van der Waals surface area contributed by atoms with E-state index in [0.717, 1.165) is 32.1 Å². The third-order valence-corrected chi connectivity index (χ3v) is 4.77. The number of halogens is 2. The molecule has 0 bridgehead atoms. The average molecular weight is 440 g/mol. The highest BCUT2D eigenvalue weighted by Crippen LogP contribution is 2.33. The molecule has 0 saturated carbocycles. The Balaban J connectivity index is 2.05. The lowest BCUT2D eigenvalue weighted by Crippen LogP contribution is -2.09. The van der Waals surface area contributed by atoms with Crippen LogP contribution in [0.2, 0.25) is 10.0 Å². The molecule has 2 rings (SSSR count). The Kier molecular flexibility index (Phi) is 9.22. The molecule has 0 aromatic heterocycles. The molecule has 0 heterocycles. The fourth-order valence-corrected chi connectivity index (χ4v) is 3.16. The quantitative estimate of drug-likeness (QED) is 0.160. The summed E-state index contributed by atoms with van der Waals surface area (Å²) in [4.78, 5) is 23.1. The molecule has 0 spiro atoms. The van der Waals surface area contributed by atoms with Gasteiger partial charge in [0.2, 0.25) is 0 Å². The Morgan fingerprint density at radius 2 is 1.76 bits per heavy atom. The zero-order valence-corrected chi connectivity index (χ0v) is 17.7. The van der Waals surface area contributed by atoms with Crippen molar-refractivity contribution in [3.8, 4) is 11.5 Å². The minimum absolute atomic E-state index is 0.163. The molecule has 0 aliphatic rings. The first-order valence-electron chi connectivity index (χ1n) is 9.51. The van der Waals surface area contributed by atoms with Crippen LogP contribution in [0.1, 0.15) is 55.8 Å². The fraction of sp³-hybridized carbons (Fsp3) is 0.381. The maximum absolute atomic E-state index is 12.4. The highest BCUT2D eigenvalue weighted by atomic mass is 35.5. The predicted octanol–water partition coefficient (Wildman–Crippen LogP) is 7.21. The molecular formula is C21H23Cl2NO5. The number of ether oxygens (including phenoxy) is 2. The van der Waals surface area contributed by atoms with Crippen LogP contribution in [-0.2, 0) is 4.74 Å². The van der Waals surface area contributed by atoms with Crippen LogP contribution in [-0.4, -0.2) is 17.5 Å². The smallest absolute Gasteiger partial charge is 0.345 e. The van der Waals surface area contributed by atoms with E-state index in [2.05, 4.69) is 6.92 Å². The number of carbonyl (C=O) groups is 1. The maximum Gasteiger partial charge on any atom is 0.345 e. The summed E-state index contributed by atoms with van der Waals surface area (Å²) in [7, 11) is 0. The molecule has 6 nitrogen and oxygen atoms in total. The van der Waals surface area contributed by atoms with Gasteiger partial charge in [-0.3, -0.25) is 10.1 Å². The zero-order valence-electron chi connectivity index (χ0n) is 16.2. The summed E-state index contributed by atoms with van der Waals surface area (Å²) in [6.45, 7) is 2.36. The van der Waals surface area contributed by atoms with Crippen LogP contribution in [0.4, 0.5) is 5.69 Å². The van der Waals surface area contributed by atoms with Crippen LogP contribution >= 0.6 is 23.2 Å². The van der Waals surface area contributed by atoms with E-state index in [0.29, 0.717) is 10.8 Å². The number of nitrogens with zero attached hydrogens (tertiary/aromatic N) is 1. The minimum Gasteiger partial charge on any atom is -0.462 e. The van der Waals surface area contributed by atoms with Crippen molar-refractivity contribution in [2.75, 3.05) is 6.61 Å². The van der Waals surface area contributed by atoms with Crippen molar-refractivity contribution in [2.24, 2.45) is 0 Å². The molecule has 0 fully saturated rings. The van der Waals surface area contributed by atoms with E-state index in [9.17, 15) is 14.9 Å². The first kappa shape index (κ1) is 23.0. The number of esters is 1. The predicted molar refractivity (Wildman–Crippen MR) is 113 cm³/mol. The molecule has 0 radical (unpaired) electrons. The number of carbonyl (C=O) groups excluding carboxylic acids is 1. The Hall–Kier alpha value is -2.31. The molecule has 0 amide bonds. The van der Waals surface area contributed by atoms with Crippen LogP contribution in [0.15, 0.2) is 36.4 Å². The molecule has 0 N–H and O–H groups in total. The first-order valence-corrected chi connectivity index (χ1v) is 10.3. The number of rotatable bonds is 11. The summed E-state index contributed by atoms with van der Waals surface area (Å²) in [6, 6.07) is 8.58. The summed E-state index contributed by atoms with van der Waals surface area (Å²) >= 11 is 11.9. The summed E-state index contributed by atoms with van der Waals surface area (Å²) in [5.74, 6) is -0.208. The Labute approximate surface area is 179 Å². The molecule has 2 aromatic carbocycles. The maximum atomic E-state index is 12.4. The van der Waals surface area contributed by atoms with E-state index < -0.39 is 10.9 Å². The number of hydrogen-bond donors (Lipinski definition) is 0. The average Bonchev–Trinajstić information content (AvgIpc) is 2.69. The van der Waals surface area contributed by atoms with Gasteiger partial charge in [0.15, 0.2) is 0 Å². The van der Waals surface area contributed by atoms with Crippen molar-refractivity contribution >= 4 is 34.9 Å². The third kappa shape index (κ3) is 7.22. The van der Waals surface area contributed by atoms with Gasteiger partial charge in [-0.2, -0.15) is 0 Å². The van der Waals surface area contributed by atoms with Gasteiger partial charge in [-0.15, -0.1) is 0 Å². The lowest BCUT2D eigenvalue weighted by Gasteiger charge is -2.10. The first-order chi connectivity index (χ1) is 13.9. The van der Waals surface area contributed by atoms with Crippen LogP contribution in [0.25, 0.3) is 0 Å². The van der Waals surface area contributed by atoms with Gasteiger partial charge in [0, 0.05) is 17.2 Å². The van der Waals surface area contributed by atoms with Gasteiger partial charge >= 0.3 is 5.97 Å². The fourth-order valence-electron chi connectivity index (χ4n) is 2.71. The highest BCUT2D eigenvalue weighted by molar-refractivity contribution is 6.35. The van der Waals surface area contributed by atoms with Gasteiger partial charge in [0.05, 0.1) is 16.6 Å². The van der Waals surface area contributed by atoms with Gasteiger partial charge in [-0.25, -0.2) is 4.79 Å². The van der Waals surface area contributed by atoms with Gasteiger partial charge in [0.1, 0.15) is 17.1 Å². The molecule has 156 valence electrons. The monoisotopic (exact) mass is 439 g/mol. The van der Waals surface area contributed by atoms with E-state index in [1.54, 1.807) is 12.1 Å². The summed E-state index contributed by atoms with van der Waals surface area (Å²) in [6.07, 6.45) is 6.27. The van der Waals surface area contributed by atoms with Crippen molar-refractivity contribution in [3.05, 3.63) is 62.1 Å². The highest BCUT2D eigenvalue weighted by Gasteiger charge is 2.23. The van der Waals surface area contributed by atoms with E-state index in [-0.39, 0.29) is 28.6 Å². The van der Waals surface area contributed by atoms with Crippen LogP contribution in [0.3, 0.4) is 0 Å². The Bertz CT molecular complexity index is 857. The van der Waals surface area contributed by atoms with Gasteiger partial charge in [0.25, 0.3) is 5.69 Å².